The van der Waals surface area contributed by atoms with Gasteiger partial charge in [0.1, 0.15) is 0 Å². The van der Waals surface area contributed by atoms with Crippen molar-refractivity contribution in [1.29, 1.82) is 0 Å². The van der Waals surface area contributed by atoms with Gasteiger partial charge >= 0.3 is 6.03 Å². The molecular weight excluding hydrogens is 295 g/mol. The molecule has 5 heteroatoms. The number of hydrogen-bond donors (Lipinski definition) is 2. The molecule has 2 aromatic rings. The Kier molecular flexibility index (Phi) is 4.88. The lowest BCUT2D eigenvalue weighted by molar-refractivity contribution is 0.249. The van der Waals surface area contributed by atoms with Crippen LogP contribution in [-0.2, 0) is 0 Å². The van der Waals surface area contributed by atoms with Gasteiger partial charge in [0.25, 0.3) is 0 Å². The summed E-state index contributed by atoms with van der Waals surface area (Å²) in [4.78, 5) is 11.9. The van der Waals surface area contributed by atoms with E-state index in [0.717, 1.165) is 5.56 Å². The molecule has 0 aliphatic rings. The molecule has 0 unspecified atom stereocenters. The number of nitrogens with one attached hydrogen (secondary N) is 2. The zero-order valence-electron chi connectivity index (χ0n) is 10.9. The van der Waals surface area contributed by atoms with E-state index in [1.807, 2.05) is 37.3 Å². The zero-order chi connectivity index (χ0) is 14.5. The number of carbonyl (C=O) groups excluding carboxylic acids is 1. The number of halogens is 2. The van der Waals surface area contributed by atoms with E-state index in [4.69, 9.17) is 23.2 Å². The fourth-order valence-corrected chi connectivity index (χ4v) is 2.11. The van der Waals surface area contributed by atoms with Crippen molar-refractivity contribution in [3.05, 3.63) is 64.1 Å². The van der Waals surface area contributed by atoms with Gasteiger partial charge in [-0.1, -0.05) is 53.5 Å². The molecule has 0 aromatic heterocycles. The molecule has 2 aromatic carbocycles. The summed E-state index contributed by atoms with van der Waals surface area (Å²) < 4.78 is 0. The van der Waals surface area contributed by atoms with Gasteiger partial charge in [-0.15, -0.1) is 0 Å². The van der Waals surface area contributed by atoms with E-state index in [2.05, 4.69) is 10.6 Å². The number of hydrogen-bond acceptors (Lipinski definition) is 1. The third kappa shape index (κ3) is 3.89. The van der Waals surface area contributed by atoms with Crippen molar-refractivity contribution in [2.24, 2.45) is 0 Å². The third-order valence-electron chi connectivity index (χ3n) is 2.82. The van der Waals surface area contributed by atoms with Crippen LogP contribution in [-0.4, -0.2) is 6.03 Å². The van der Waals surface area contributed by atoms with Crippen molar-refractivity contribution in [2.45, 2.75) is 13.0 Å². The van der Waals surface area contributed by atoms with Gasteiger partial charge in [0.05, 0.1) is 16.8 Å². The first-order valence-corrected chi connectivity index (χ1v) is 6.89. The van der Waals surface area contributed by atoms with Gasteiger partial charge in [-0.3, -0.25) is 0 Å². The molecule has 0 radical (unpaired) electrons. The van der Waals surface area contributed by atoms with Gasteiger partial charge in [0.15, 0.2) is 0 Å². The number of urea groups is 1. The number of amides is 2. The molecule has 0 spiro atoms. The van der Waals surface area contributed by atoms with E-state index in [-0.39, 0.29) is 12.1 Å². The average Bonchev–Trinajstić information content (AvgIpc) is 2.43. The molecule has 0 saturated carbocycles. The first-order valence-electron chi connectivity index (χ1n) is 6.14. The standard InChI is InChI=1S/C15H14Cl2N2O/c1-10(11-5-3-2-4-6-11)18-15(20)19-14-9-12(16)7-8-13(14)17/h2-10H,1H3,(H2,18,19,20)/t10-/m1/s1. The molecular formula is C15H14Cl2N2O. The van der Waals surface area contributed by atoms with Gasteiger partial charge in [-0.2, -0.15) is 0 Å². The van der Waals surface area contributed by atoms with Gasteiger partial charge in [-0.05, 0) is 30.7 Å². The summed E-state index contributed by atoms with van der Waals surface area (Å²) in [6, 6.07) is 14.2. The van der Waals surface area contributed by atoms with Crippen molar-refractivity contribution in [3.63, 3.8) is 0 Å². The SMILES string of the molecule is C[C@@H](NC(=O)Nc1cc(Cl)ccc1Cl)c1ccccc1. The molecule has 104 valence electrons. The lowest BCUT2D eigenvalue weighted by Gasteiger charge is -2.15. The van der Waals surface area contributed by atoms with Gasteiger partial charge in [0, 0.05) is 5.02 Å². The summed E-state index contributed by atoms with van der Waals surface area (Å²) >= 11 is 11.9. The summed E-state index contributed by atoms with van der Waals surface area (Å²) in [5.41, 5.74) is 1.51. The lowest BCUT2D eigenvalue weighted by Crippen LogP contribution is -2.31. The topological polar surface area (TPSA) is 41.1 Å². The fraction of sp³-hybridized carbons (Fsp3) is 0.133. The van der Waals surface area contributed by atoms with Crippen LogP contribution in [0.3, 0.4) is 0 Å². The van der Waals surface area contributed by atoms with Crippen molar-refractivity contribution in [2.75, 3.05) is 5.32 Å². The highest BCUT2D eigenvalue weighted by Crippen LogP contribution is 2.25. The largest absolute Gasteiger partial charge is 0.331 e. The molecule has 2 rings (SSSR count). The molecule has 0 bridgehead atoms. The van der Waals surface area contributed by atoms with Crippen LogP contribution in [0.1, 0.15) is 18.5 Å². The molecule has 0 heterocycles. The molecule has 0 aliphatic heterocycles. The van der Waals surface area contributed by atoms with Crippen LogP contribution < -0.4 is 10.6 Å². The maximum atomic E-state index is 11.9. The van der Waals surface area contributed by atoms with Crippen LogP contribution in [0.25, 0.3) is 0 Å². The summed E-state index contributed by atoms with van der Waals surface area (Å²) in [6.45, 7) is 1.91. The Labute approximate surface area is 127 Å². The molecule has 0 aliphatic carbocycles. The number of benzene rings is 2. The van der Waals surface area contributed by atoms with Crippen LogP contribution in [0, 0.1) is 0 Å². The predicted octanol–water partition coefficient (Wildman–Crippen LogP) is 4.88. The minimum atomic E-state index is -0.328. The van der Waals surface area contributed by atoms with Gasteiger partial charge in [0.2, 0.25) is 0 Å². The summed E-state index contributed by atoms with van der Waals surface area (Å²) in [6.07, 6.45) is 0. The second kappa shape index (κ2) is 6.64. The Morgan fingerprint density at radius 3 is 2.50 bits per heavy atom. The minimum Gasteiger partial charge on any atom is -0.331 e. The van der Waals surface area contributed by atoms with Gasteiger partial charge < -0.3 is 10.6 Å². The second-order valence-electron chi connectivity index (χ2n) is 4.36. The van der Waals surface area contributed by atoms with E-state index >= 15 is 0 Å². The van der Waals surface area contributed by atoms with Crippen LogP contribution >= 0.6 is 23.2 Å². The number of carbonyl (C=O) groups is 1. The normalized spacial score (nSPS) is 11.8. The fourth-order valence-electron chi connectivity index (χ4n) is 1.77. The molecule has 0 saturated heterocycles. The van der Waals surface area contributed by atoms with Crippen molar-refractivity contribution >= 4 is 34.9 Å². The smallest absolute Gasteiger partial charge is 0.319 e. The maximum absolute atomic E-state index is 11.9. The third-order valence-corrected chi connectivity index (χ3v) is 3.39. The Hall–Kier alpha value is -1.71. The maximum Gasteiger partial charge on any atom is 0.319 e. The molecule has 3 nitrogen and oxygen atoms in total. The first kappa shape index (κ1) is 14.7. The summed E-state index contributed by atoms with van der Waals surface area (Å²) in [5, 5.41) is 6.48. The van der Waals surface area contributed by atoms with Crippen LogP contribution in [0.4, 0.5) is 10.5 Å². The average molecular weight is 309 g/mol. The van der Waals surface area contributed by atoms with Crippen LogP contribution in [0.5, 0.6) is 0 Å². The van der Waals surface area contributed by atoms with E-state index in [0.29, 0.717) is 15.7 Å². The Morgan fingerprint density at radius 2 is 1.80 bits per heavy atom. The van der Waals surface area contributed by atoms with Crippen molar-refractivity contribution in [1.82, 2.24) is 5.32 Å². The quantitative estimate of drug-likeness (QED) is 0.834. The van der Waals surface area contributed by atoms with Gasteiger partial charge in [-0.25, -0.2) is 4.79 Å². The highest BCUT2D eigenvalue weighted by Gasteiger charge is 2.10. The van der Waals surface area contributed by atoms with E-state index in [9.17, 15) is 4.79 Å². The summed E-state index contributed by atoms with van der Waals surface area (Å²) in [7, 11) is 0. The first-order chi connectivity index (χ1) is 9.56. The highest BCUT2D eigenvalue weighted by atomic mass is 35.5. The monoisotopic (exact) mass is 308 g/mol. The number of anilines is 1. The predicted molar refractivity (Wildman–Crippen MR) is 83.5 cm³/mol. The summed E-state index contributed by atoms with van der Waals surface area (Å²) in [5.74, 6) is 0. The minimum absolute atomic E-state index is 0.103. The van der Waals surface area contributed by atoms with Crippen molar-refractivity contribution in [3.8, 4) is 0 Å². The highest BCUT2D eigenvalue weighted by molar-refractivity contribution is 6.35. The molecule has 1 atom stereocenters. The molecule has 2 amide bonds. The molecule has 2 N–H and O–H groups in total. The Bertz CT molecular complexity index is 602. The van der Waals surface area contributed by atoms with E-state index in [1.165, 1.54) is 0 Å². The zero-order valence-corrected chi connectivity index (χ0v) is 12.4. The Morgan fingerprint density at radius 1 is 1.10 bits per heavy atom. The molecule has 20 heavy (non-hydrogen) atoms. The number of rotatable bonds is 3. The molecule has 0 fully saturated rings. The van der Waals surface area contributed by atoms with E-state index < -0.39 is 0 Å². The Balaban J connectivity index is 2.01. The lowest BCUT2D eigenvalue weighted by atomic mass is 10.1. The van der Waals surface area contributed by atoms with Crippen LogP contribution in [0.15, 0.2) is 48.5 Å². The van der Waals surface area contributed by atoms with Crippen LogP contribution in [0.2, 0.25) is 10.0 Å². The second-order valence-corrected chi connectivity index (χ2v) is 5.20. The van der Waals surface area contributed by atoms with Crippen molar-refractivity contribution < 1.29 is 4.79 Å². The van der Waals surface area contributed by atoms with E-state index in [1.54, 1.807) is 18.2 Å².